The maximum atomic E-state index is 11.5. The van der Waals surface area contributed by atoms with Crippen LogP contribution in [-0.2, 0) is 20.6 Å². The van der Waals surface area contributed by atoms with Crippen molar-refractivity contribution in [2.75, 3.05) is 6.54 Å². The zero-order chi connectivity index (χ0) is 11.6. The van der Waals surface area contributed by atoms with E-state index in [4.69, 9.17) is 5.73 Å². The van der Waals surface area contributed by atoms with Gasteiger partial charge in [-0.3, -0.25) is 0 Å². The summed E-state index contributed by atoms with van der Waals surface area (Å²) >= 11 is 0. The van der Waals surface area contributed by atoms with Gasteiger partial charge in [0.25, 0.3) is 0 Å². The molecule has 0 bridgehead atoms. The van der Waals surface area contributed by atoms with E-state index >= 15 is 0 Å². The Morgan fingerprint density at radius 2 is 1.47 bits per heavy atom. The van der Waals surface area contributed by atoms with Gasteiger partial charge in [0, 0.05) is 20.6 Å². The SMILES string of the molecule is Cn1c(=O)n(C)c(=O)n(CCCN)c1=O. The highest BCUT2D eigenvalue weighted by molar-refractivity contribution is 4.75. The lowest BCUT2D eigenvalue weighted by Crippen LogP contribution is -2.52. The Balaban J connectivity index is 3.47. The molecule has 0 fully saturated rings. The Morgan fingerprint density at radius 1 is 1.00 bits per heavy atom. The van der Waals surface area contributed by atoms with Crippen LogP contribution in [0.4, 0.5) is 0 Å². The van der Waals surface area contributed by atoms with Crippen molar-refractivity contribution in [1.29, 1.82) is 0 Å². The van der Waals surface area contributed by atoms with Crippen molar-refractivity contribution in [2.45, 2.75) is 13.0 Å². The Kier molecular flexibility index (Phi) is 3.25. The van der Waals surface area contributed by atoms with Gasteiger partial charge in [-0.2, -0.15) is 0 Å². The molecular weight excluding hydrogens is 200 g/mol. The summed E-state index contributed by atoms with van der Waals surface area (Å²) in [5, 5.41) is 0. The molecule has 84 valence electrons. The van der Waals surface area contributed by atoms with Crippen LogP contribution in [0.25, 0.3) is 0 Å². The smallest absolute Gasteiger partial charge is 0.330 e. The van der Waals surface area contributed by atoms with E-state index in [0.717, 1.165) is 13.7 Å². The molecule has 0 atom stereocenters. The monoisotopic (exact) mass is 214 g/mol. The summed E-state index contributed by atoms with van der Waals surface area (Å²) in [6.45, 7) is 0.620. The lowest BCUT2D eigenvalue weighted by molar-refractivity contribution is 0.493. The van der Waals surface area contributed by atoms with Crippen LogP contribution in [0.3, 0.4) is 0 Å². The molecule has 15 heavy (non-hydrogen) atoms. The third-order valence-corrected chi connectivity index (χ3v) is 2.20. The maximum Gasteiger partial charge on any atom is 0.336 e. The van der Waals surface area contributed by atoms with Crippen LogP contribution in [0.5, 0.6) is 0 Å². The van der Waals surface area contributed by atoms with Crippen LogP contribution in [-0.4, -0.2) is 20.2 Å². The Morgan fingerprint density at radius 3 is 1.87 bits per heavy atom. The molecule has 7 nitrogen and oxygen atoms in total. The highest BCUT2D eigenvalue weighted by atomic mass is 16.2. The number of nitrogens with two attached hydrogens (primary N) is 1. The van der Waals surface area contributed by atoms with Crippen molar-refractivity contribution in [1.82, 2.24) is 13.7 Å². The molecular formula is C8H14N4O3. The van der Waals surface area contributed by atoms with E-state index in [9.17, 15) is 14.4 Å². The first kappa shape index (κ1) is 11.4. The predicted molar refractivity (Wildman–Crippen MR) is 54.9 cm³/mol. The quantitative estimate of drug-likeness (QED) is 0.607. The molecule has 7 heteroatoms. The molecule has 0 saturated heterocycles. The van der Waals surface area contributed by atoms with Gasteiger partial charge in [-0.15, -0.1) is 0 Å². The first-order valence-electron chi connectivity index (χ1n) is 4.57. The van der Waals surface area contributed by atoms with Crippen molar-refractivity contribution in [3.05, 3.63) is 31.5 Å². The average Bonchev–Trinajstić information content (AvgIpc) is 2.24. The van der Waals surface area contributed by atoms with Gasteiger partial charge in [0.15, 0.2) is 0 Å². The van der Waals surface area contributed by atoms with E-state index in [0.29, 0.717) is 13.0 Å². The van der Waals surface area contributed by atoms with Crippen LogP contribution < -0.4 is 22.8 Å². The standard InChI is InChI=1S/C8H14N4O3/c1-10-6(13)11(2)8(15)12(7(10)14)5-3-4-9/h3-5,9H2,1-2H3. The van der Waals surface area contributed by atoms with Crippen LogP contribution >= 0.6 is 0 Å². The van der Waals surface area contributed by atoms with Gasteiger partial charge in [0.05, 0.1) is 0 Å². The van der Waals surface area contributed by atoms with Gasteiger partial charge in [0.2, 0.25) is 0 Å². The van der Waals surface area contributed by atoms with Crippen molar-refractivity contribution in [3.8, 4) is 0 Å². The van der Waals surface area contributed by atoms with E-state index < -0.39 is 17.1 Å². The Labute approximate surface area is 85.4 Å². The summed E-state index contributed by atoms with van der Waals surface area (Å²) in [6, 6.07) is 0. The summed E-state index contributed by atoms with van der Waals surface area (Å²) < 4.78 is 2.81. The Bertz CT molecular complexity index is 482. The van der Waals surface area contributed by atoms with E-state index in [2.05, 4.69) is 0 Å². The summed E-state index contributed by atoms with van der Waals surface area (Å²) in [5.74, 6) is 0. The first-order chi connectivity index (χ1) is 7.00. The molecule has 2 N–H and O–H groups in total. The minimum absolute atomic E-state index is 0.232. The van der Waals surface area contributed by atoms with Gasteiger partial charge in [-0.1, -0.05) is 0 Å². The summed E-state index contributed by atoms with van der Waals surface area (Å²) in [4.78, 5) is 34.4. The predicted octanol–water partition coefficient (Wildman–Crippen LogP) is -2.41. The normalized spacial score (nSPS) is 10.6. The van der Waals surface area contributed by atoms with Crippen LogP contribution in [0.15, 0.2) is 14.4 Å². The molecule has 1 aromatic rings. The molecule has 1 rings (SSSR count). The molecule has 0 spiro atoms. The topological polar surface area (TPSA) is 92.0 Å². The molecule has 0 aliphatic rings. The summed E-state index contributed by atoms with van der Waals surface area (Å²) in [6.07, 6.45) is 0.521. The molecule has 0 aliphatic carbocycles. The fourth-order valence-corrected chi connectivity index (χ4v) is 1.27. The number of rotatable bonds is 3. The molecule has 0 radical (unpaired) electrons. The average molecular weight is 214 g/mol. The molecule has 0 amide bonds. The summed E-state index contributed by atoms with van der Waals surface area (Å²) in [7, 11) is 2.67. The van der Waals surface area contributed by atoms with Gasteiger partial charge in [-0.25, -0.2) is 28.1 Å². The fraction of sp³-hybridized carbons (Fsp3) is 0.625. The number of aromatic nitrogens is 3. The fourth-order valence-electron chi connectivity index (χ4n) is 1.27. The lowest BCUT2D eigenvalue weighted by atomic mass is 10.4. The minimum Gasteiger partial charge on any atom is -0.330 e. The van der Waals surface area contributed by atoms with Crippen molar-refractivity contribution in [3.63, 3.8) is 0 Å². The minimum atomic E-state index is -0.617. The zero-order valence-corrected chi connectivity index (χ0v) is 8.77. The second kappa shape index (κ2) is 4.26. The van der Waals surface area contributed by atoms with E-state index in [-0.39, 0.29) is 6.54 Å². The van der Waals surface area contributed by atoms with Crippen molar-refractivity contribution in [2.24, 2.45) is 19.8 Å². The van der Waals surface area contributed by atoms with Crippen molar-refractivity contribution >= 4 is 0 Å². The number of nitrogens with zero attached hydrogens (tertiary/aromatic N) is 3. The second-order valence-corrected chi connectivity index (χ2v) is 3.26. The highest BCUT2D eigenvalue weighted by Crippen LogP contribution is 1.77. The lowest BCUT2D eigenvalue weighted by Gasteiger charge is -2.07. The van der Waals surface area contributed by atoms with Gasteiger partial charge >= 0.3 is 17.1 Å². The van der Waals surface area contributed by atoms with Gasteiger partial charge < -0.3 is 5.73 Å². The first-order valence-corrected chi connectivity index (χ1v) is 4.57. The van der Waals surface area contributed by atoms with Crippen LogP contribution in [0.2, 0.25) is 0 Å². The third kappa shape index (κ3) is 1.91. The number of hydrogen-bond donors (Lipinski definition) is 1. The molecule has 0 unspecified atom stereocenters. The van der Waals surface area contributed by atoms with E-state index in [1.807, 2.05) is 0 Å². The maximum absolute atomic E-state index is 11.5. The molecule has 0 aromatic carbocycles. The summed E-state index contributed by atoms with van der Waals surface area (Å²) in [5.41, 5.74) is 3.47. The molecule has 0 saturated carbocycles. The molecule has 1 aromatic heterocycles. The van der Waals surface area contributed by atoms with Crippen LogP contribution in [0.1, 0.15) is 6.42 Å². The highest BCUT2D eigenvalue weighted by Gasteiger charge is 2.09. The largest absolute Gasteiger partial charge is 0.336 e. The third-order valence-electron chi connectivity index (χ3n) is 2.20. The Hall–Kier alpha value is -1.63. The molecule has 0 aliphatic heterocycles. The van der Waals surface area contributed by atoms with Gasteiger partial charge in [-0.05, 0) is 13.0 Å². The van der Waals surface area contributed by atoms with E-state index in [1.165, 1.54) is 14.1 Å². The zero-order valence-electron chi connectivity index (χ0n) is 8.77. The van der Waals surface area contributed by atoms with Crippen LogP contribution in [0, 0.1) is 0 Å². The van der Waals surface area contributed by atoms with Crippen molar-refractivity contribution < 1.29 is 0 Å². The number of hydrogen-bond acceptors (Lipinski definition) is 4. The molecule has 1 heterocycles. The second-order valence-electron chi connectivity index (χ2n) is 3.26. The van der Waals surface area contributed by atoms with E-state index in [1.54, 1.807) is 0 Å². The van der Waals surface area contributed by atoms with Gasteiger partial charge in [0.1, 0.15) is 0 Å².